The quantitative estimate of drug-likeness (QED) is 0.717. The van der Waals surface area contributed by atoms with Crippen LogP contribution in [0, 0.1) is 0 Å². The van der Waals surface area contributed by atoms with Gasteiger partial charge >= 0.3 is 0 Å². The molecule has 2 rings (SSSR count). The minimum Gasteiger partial charge on any atom is -0.497 e. The number of nitrogens with one attached hydrogen (secondary N) is 1. The summed E-state index contributed by atoms with van der Waals surface area (Å²) in [5.41, 5.74) is 1.56. The van der Waals surface area contributed by atoms with Crippen molar-refractivity contribution in [3.8, 4) is 17.2 Å². The number of methoxy groups -OCH3 is 3. The molecule has 0 bridgehead atoms. The fourth-order valence-corrected chi connectivity index (χ4v) is 2.70. The molecule has 150 valence electrons. The normalized spacial score (nSPS) is 10.1. The van der Waals surface area contributed by atoms with Crippen LogP contribution in [0.2, 0.25) is 0 Å². The summed E-state index contributed by atoms with van der Waals surface area (Å²) in [5.74, 6) is 1.58. The third kappa shape index (κ3) is 5.64. The summed E-state index contributed by atoms with van der Waals surface area (Å²) in [6.45, 7) is 2.11. The third-order valence-electron chi connectivity index (χ3n) is 4.27. The Morgan fingerprint density at radius 1 is 0.929 bits per heavy atom. The van der Waals surface area contributed by atoms with E-state index in [4.69, 9.17) is 14.2 Å². The van der Waals surface area contributed by atoms with Crippen LogP contribution in [0.15, 0.2) is 42.5 Å². The van der Waals surface area contributed by atoms with E-state index in [1.165, 1.54) is 18.9 Å². The molecule has 0 aliphatic carbocycles. The van der Waals surface area contributed by atoms with Gasteiger partial charge in [0, 0.05) is 32.5 Å². The summed E-state index contributed by atoms with van der Waals surface area (Å²) in [5, 5.41) is 2.86. The van der Waals surface area contributed by atoms with Crippen LogP contribution in [0.3, 0.4) is 0 Å². The molecule has 0 heterocycles. The highest BCUT2D eigenvalue weighted by molar-refractivity contribution is 5.94. The second kappa shape index (κ2) is 10.2. The summed E-state index contributed by atoms with van der Waals surface area (Å²) >= 11 is 0. The standard InChI is InChI=1S/C21H26N2O5/c1-15(24)23(19-10-9-18(27-3)13-20(19)28-4)12-11-21(25)22-14-16-5-7-17(26-2)8-6-16/h5-10,13H,11-12,14H2,1-4H3,(H,22,25). The second-order valence-electron chi connectivity index (χ2n) is 6.08. The Labute approximate surface area is 165 Å². The fourth-order valence-electron chi connectivity index (χ4n) is 2.70. The van der Waals surface area contributed by atoms with E-state index in [0.29, 0.717) is 23.7 Å². The lowest BCUT2D eigenvalue weighted by Gasteiger charge is -2.23. The molecule has 7 nitrogen and oxygen atoms in total. The summed E-state index contributed by atoms with van der Waals surface area (Å²) < 4.78 is 15.7. The van der Waals surface area contributed by atoms with Crippen molar-refractivity contribution >= 4 is 17.5 Å². The van der Waals surface area contributed by atoms with Crippen LogP contribution in [0.4, 0.5) is 5.69 Å². The first-order valence-corrected chi connectivity index (χ1v) is 8.88. The van der Waals surface area contributed by atoms with E-state index in [-0.39, 0.29) is 24.8 Å². The maximum atomic E-state index is 12.2. The van der Waals surface area contributed by atoms with Crippen molar-refractivity contribution in [3.63, 3.8) is 0 Å². The molecule has 2 aromatic carbocycles. The molecule has 0 spiro atoms. The van der Waals surface area contributed by atoms with Crippen LogP contribution >= 0.6 is 0 Å². The monoisotopic (exact) mass is 386 g/mol. The van der Waals surface area contributed by atoms with Crippen LogP contribution in [0.1, 0.15) is 18.9 Å². The number of carbonyl (C=O) groups excluding carboxylic acids is 2. The maximum absolute atomic E-state index is 12.2. The number of nitrogens with zero attached hydrogens (tertiary/aromatic N) is 1. The molecule has 0 radical (unpaired) electrons. The first-order chi connectivity index (χ1) is 13.5. The van der Waals surface area contributed by atoms with Crippen molar-refractivity contribution in [2.45, 2.75) is 19.9 Å². The van der Waals surface area contributed by atoms with E-state index in [1.54, 1.807) is 32.4 Å². The maximum Gasteiger partial charge on any atom is 0.223 e. The topological polar surface area (TPSA) is 77.1 Å². The van der Waals surface area contributed by atoms with Gasteiger partial charge in [-0.3, -0.25) is 9.59 Å². The number of ether oxygens (including phenoxy) is 3. The molecular formula is C21H26N2O5. The lowest BCUT2D eigenvalue weighted by atomic mass is 10.2. The van der Waals surface area contributed by atoms with Crippen LogP contribution in [-0.4, -0.2) is 39.7 Å². The molecule has 0 fully saturated rings. The van der Waals surface area contributed by atoms with E-state index >= 15 is 0 Å². The van der Waals surface area contributed by atoms with Gasteiger partial charge in [-0.15, -0.1) is 0 Å². The zero-order valence-electron chi connectivity index (χ0n) is 16.7. The number of anilines is 1. The van der Waals surface area contributed by atoms with Crippen LogP contribution in [0.25, 0.3) is 0 Å². The minimum atomic E-state index is -0.175. The van der Waals surface area contributed by atoms with Gasteiger partial charge in [-0.2, -0.15) is 0 Å². The third-order valence-corrected chi connectivity index (χ3v) is 4.27. The summed E-state index contributed by atoms with van der Waals surface area (Å²) in [6, 6.07) is 12.7. The molecule has 28 heavy (non-hydrogen) atoms. The largest absolute Gasteiger partial charge is 0.497 e. The number of amides is 2. The molecule has 2 aromatic rings. The van der Waals surface area contributed by atoms with Crippen molar-refractivity contribution in [3.05, 3.63) is 48.0 Å². The first kappa shape index (κ1) is 21.1. The van der Waals surface area contributed by atoms with Crippen LogP contribution in [-0.2, 0) is 16.1 Å². The SMILES string of the molecule is COc1ccc(CNC(=O)CCN(C(C)=O)c2ccc(OC)cc2OC)cc1. The molecule has 0 saturated carbocycles. The number of hydrogen-bond acceptors (Lipinski definition) is 5. The summed E-state index contributed by atoms with van der Waals surface area (Å²) in [4.78, 5) is 25.9. The molecule has 0 aliphatic heterocycles. The van der Waals surface area contributed by atoms with Gasteiger partial charge in [-0.1, -0.05) is 12.1 Å². The second-order valence-corrected chi connectivity index (χ2v) is 6.08. The molecule has 0 aliphatic rings. The highest BCUT2D eigenvalue weighted by Crippen LogP contribution is 2.32. The van der Waals surface area contributed by atoms with Crippen LogP contribution < -0.4 is 24.4 Å². The summed E-state index contributed by atoms with van der Waals surface area (Å²) in [6.07, 6.45) is 0.172. The van der Waals surface area contributed by atoms with Crippen molar-refractivity contribution < 1.29 is 23.8 Å². The molecule has 1 N–H and O–H groups in total. The van der Waals surface area contributed by atoms with Gasteiger partial charge in [0.2, 0.25) is 11.8 Å². The van der Waals surface area contributed by atoms with E-state index in [0.717, 1.165) is 11.3 Å². The van der Waals surface area contributed by atoms with Gasteiger partial charge < -0.3 is 24.4 Å². The van der Waals surface area contributed by atoms with Gasteiger partial charge in [-0.05, 0) is 29.8 Å². The predicted octanol–water partition coefficient (Wildman–Crippen LogP) is 2.77. The highest BCUT2D eigenvalue weighted by Gasteiger charge is 2.18. The number of hydrogen-bond donors (Lipinski definition) is 1. The van der Waals surface area contributed by atoms with Crippen molar-refractivity contribution in [2.75, 3.05) is 32.8 Å². The number of rotatable bonds is 9. The molecule has 2 amide bonds. The lowest BCUT2D eigenvalue weighted by molar-refractivity contribution is -0.121. The smallest absolute Gasteiger partial charge is 0.223 e. The van der Waals surface area contributed by atoms with E-state index < -0.39 is 0 Å². The molecular weight excluding hydrogens is 360 g/mol. The molecule has 0 atom stereocenters. The Morgan fingerprint density at radius 3 is 2.14 bits per heavy atom. The zero-order chi connectivity index (χ0) is 20.5. The molecule has 0 unspecified atom stereocenters. The summed E-state index contributed by atoms with van der Waals surface area (Å²) in [7, 11) is 4.69. The van der Waals surface area contributed by atoms with Gasteiger partial charge in [0.1, 0.15) is 17.2 Å². The highest BCUT2D eigenvalue weighted by atomic mass is 16.5. The predicted molar refractivity (Wildman–Crippen MR) is 107 cm³/mol. The fraction of sp³-hybridized carbons (Fsp3) is 0.333. The van der Waals surface area contributed by atoms with Gasteiger partial charge in [0.15, 0.2) is 0 Å². The first-order valence-electron chi connectivity index (χ1n) is 8.88. The molecule has 0 aromatic heterocycles. The number of carbonyl (C=O) groups is 2. The van der Waals surface area contributed by atoms with Crippen molar-refractivity contribution in [1.82, 2.24) is 5.32 Å². The minimum absolute atomic E-state index is 0.144. The Hall–Kier alpha value is -3.22. The molecule has 0 saturated heterocycles. The number of benzene rings is 2. The average Bonchev–Trinajstić information content (AvgIpc) is 2.72. The molecule has 7 heteroatoms. The van der Waals surface area contributed by atoms with Gasteiger partial charge in [0.05, 0.1) is 27.0 Å². The zero-order valence-corrected chi connectivity index (χ0v) is 16.7. The van der Waals surface area contributed by atoms with E-state index in [2.05, 4.69) is 5.32 Å². The van der Waals surface area contributed by atoms with Crippen LogP contribution in [0.5, 0.6) is 17.2 Å². The average molecular weight is 386 g/mol. The van der Waals surface area contributed by atoms with Crippen molar-refractivity contribution in [1.29, 1.82) is 0 Å². The Kier molecular flexibility index (Phi) is 7.68. The lowest BCUT2D eigenvalue weighted by Crippen LogP contribution is -2.34. The van der Waals surface area contributed by atoms with Gasteiger partial charge in [-0.25, -0.2) is 0 Å². The van der Waals surface area contributed by atoms with Gasteiger partial charge in [0.25, 0.3) is 0 Å². The van der Waals surface area contributed by atoms with Crippen molar-refractivity contribution in [2.24, 2.45) is 0 Å². The Bertz CT molecular complexity index is 805. The van der Waals surface area contributed by atoms with E-state index in [1.807, 2.05) is 24.3 Å². The van der Waals surface area contributed by atoms with E-state index in [9.17, 15) is 9.59 Å². The Morgan fingerprint density at radius 2 is 1.57 bits per heavy atom. The Balaban J connectivity index is 1.97.